The molecule has 7 heteroatoms. The molecule has 1 spiro atoms. The Balaban J connectivity index is 1.19. The largest absolute Gasteiger partial charge is 0.481 e. The van der Waals surface area contributed by atoms with E-state index >= 15 is 0 Å². The van der Waals surface area contributed by atoms with Crippen LogP contribution in [-0.4, -0.2) is 38.7 Å². The van der Waals surface area contributed by atoms with Gasteiger partial charge >= 0.3 is 12.0 Å². The van der Waals surface area contributed by atoms with Crippen molar-refractivity contribution in [2.75, 3.05) is 12.4 Å². The van der Waals surface area contributed by atoms with E-state index in [-0.39, 0.29) is 12.3 Å². The standard InChI is InChI=1S/C23H30N4O3/c1-30-22-24-14-18(15-25-22)16(12-20(28)29)6-4-2-3-5-7-19-9-8-17-13-23(10-11-23)27-21(17)26-19/h8-9,14-16H,2-7,10-13H2,1H3,(H,26,27)(H,28,29)/t16-/m0/s1. The van der Waals surface area contributed by atoms with Crippen molar-refractivity contribution < 1.29 is 14.6 Å². The monoisotopic (exact) mass is 410 g/mol. The van der Waals surface area contributed by atoms with Gasteiger partial charge in [-0.3, -0.25) is 4.79 Å². The van der Waals surface area contributed by atoms with Crippen molar-refractivity contribution >= 4 is 11.8 Å². The van der Waals surface area contributed by atoms with Crippen molar-refractivity contribution in [3.63, 3.8) is 0 Å². The van der Waals surface area contributed by atoms with E-state index in [9.17, 15) is 9.90 Å². The molecule has 160 valence electrons. The lowest BCUT2D eigenvalue weighted by Gasteiger charge is -2.14. The first-order valence-corrected chi connectivity index (χ1v) is 10.9. The SMILES string of the molecule is COc1ncc([C@@H](CCCCCCc2ccc3c(n2)NC2(CC2)C3)CC(=O)O)cn1. The van der Waals surface area contributed by atoms with Crippen LogP contribution in [-0.2, 0) is 17.6 Å². The second kappa shape index (κ2) is 8.98. The zero-order chi connectivity index (χ0) is 21.0. The second-order valence-corrected chi connectivity index (χ2v) is 8.64. The van der Waals surface area contributed by atoms with E-state index in [4.69, 9.17) is 9.72 Å². The number of anilines is 1. The lowest BCUT2D eigenvalue weighted by Crippen LogP contribution is -2.16. The molecule has 2 aromatic heterocycles. The van der Waals surface area contributed by atoms with Crippen molar-refractivity contribution in [1.29, 1.82) is 0 Å². The number of nitrogens with zero attached hydrogens (tertiary/aromatic N) is 3. The van der Waals surface area contributed by atoms with Gasteiger partial charge < -0.3 is 15.2 Å². The van der Waals surface area contributed by atoms with Gasteiger partial charge in [0.2, 0.25) is 0 Å². The molecule has 0 bridgehead atoms. The van der Waals surface area contributed by atoms with Crippen LogP contribution in [0.1, 0.15) is 74.1 Å². The molecular formula is C23H30N4O3. The zero-order valence-corrected chi connectivity index (χ0v) is 17.6. The molecule has 0 amide bonds. The fraction of sp³-hybridized carbons (Fsp3) is 0.565. The highest BCUT2D eigenvalue weighted by Gasteiger charge is 2.47. The van der Waals surface area contributed by atoms with E-state index in [0.29, 0.717) is 11.5 Å². The molecule has 1 saturated carbocycles. The molecule has 1 atom stereocenters. The topological polar surface area (TPSA) is 97.2 Å². The van der Waals surface area contributed by atoms with Gasteiger partial charge in [-0.25, -0.2) is 15.0 Å². The average Bonchev–Trinajstić information content (AvgIpc) is 3.39. The number of hydrogen-bond acceptors (Lipinski definition) is 6. The van der Waals surface area contributed by atoms with E-state index in [1.165, 1.54) is 25.5 Å². The smallest absolute Gasteiger partial charge is 0.316 e. The molecule has 7 nitrogen and oxygen atoms in total. The number of aryl methyl sites for hydroxylation is 1. The molecule has 0 saturated heterocycles. The summed E-state index contributed by atoms with van der Waals surface area (Å²) in [5.74, 6) is 0.246. The van der Waals surface area contributed by atoms with Crippen molar-refractivity contribution in [3.8, 4) is 6.01 Å². The van der Waals surface area contributed by atoms with Gasteiger partial charge in [-0.1, -0.05) is 25.3 Å². The molecule has 0 radical (unpaired) electrons. The van der Waals surface area contributed by atoms with Crippen LogP contribution in [0.4, 0.5) is 5.82 Å². The van der Waals surface area contributed by atoms with Crippen molar-refractivity contribution in [3.05, 3.63) is 41.3 Å². The molecule has 2 N–H and O–H groups in total. The normalized spacial score (nSPS) is 16.7. The minimum absolute atomic E-state index is 0.0624. The number of pyridine rings is 1. The predicted molar refractivity (Wildman–Crippen MR) is 114 cm³/mol. The average molecular weight is 411 g/mol. The Kier molecular flexibility index (Phi) is 6.16. The summed E-state index contributed by atoms with van der Waals surface area (Å²) in [6, 6.07) is 4.72. The highest BCUT2D eigenvalue weighted by Crippen LogP contribution is 2.47. The number of nitrogens with one attached hydrogen (secondary N) is 1. The van der Waals surface area contributed by atoms with E-state index in [0.717, 1.165) is 62.0 Å². The fourth-order valence-electron chi connectivity index (χ4n) is 4.32. The Morgan fingerprint density at radius 1 is 1.20 bits per heavy atom. The fourth-order valence-corrected chi connectivity index (χ4v) is 4.32. The number of aromatic nitrogens is 3. The van der Waals surface area contributed by atoms with Gasteiger partial charge in [-0.2, -0.15) is 0 Å². The van der Waals surface area contributed by atoms with Gasteiger partial charge in [0.1, 0.15) is 5.82 Å². The molecule has 4 rings (SSSR count). The van der Waals surface area contributed by atoms with Gasteiger partial charge in [-0.05, 0) is 61.6 Å². The van der Waals surface area contributed by atoms with Gasteiger partial charge in [-0.15, -0.1) is 0 Å². The summed E-state index contributed by atoms with van der Waals surface area (Å²) >= 11 is 0. The number of carboxylic acid groups (broad SMARTS) is 1. The van der Waals surface area contributed by atoms with Gasteiger partial charge in [0.25, 0.3) is 0 Å². The molecule has 30 heavy (non-hydrogen) atoms. The van der Waals surface area contributed by atoms with E-state index in [1.54, 1.807) is 12.4 Å². The lowest BCUT2D eigenvalue weighted by molar-refractivity contribution is -0.137. The number of hydrogen-bond donors (Lipinski definition) is 2. The number of fused-ring (bicyclic) bond motifs is 1. The van der Waals surface area contributed by atoms with Crippen molar-refractivity contribution in [2.45, 2.75) is 75.7 Å². The number of carboxylic acids is 1. The van der Waals surface area contributed by atoms with Gasteiger partial charge in [0.05, 0.1) is 13.5 Å². The number of carbonyl (C=O) groups is 1. The van der Waals surface area contributed by atoms with Crippen molar-refractivity contribution in [2.24, 2.45) is 0 Å². The molecule has 3 heterocycles. The highest BCUT2D eigenvalue weighted by atomic mass is 16.5. The maximum atomic E-state index is 11.2. The number of unbranched alkanes of at least 4 members (excludes halogenated alkanes) is 3. The molecule has 0 unspecified atom stereocenters. The highest BCUT2D eigenvalue weighted by molar-refractivity contribution is 5.68. The third-order valence-corrected chi connectivity index (χ3v) is 6.26. The predicted octanol–water partition coefficient (Wildman–Crippen LogP) is 4.13. The lowest BCUT2D eigenvalue weighted by atomic mass is 9.92. The first kappa shape index (κ1) is 20.6. The summed E-state index contributed by atoms with van der Waals surface area (Å²) < 4.78 is 4.98. The summed E-state index contributed by atoms with van der Waals surface area (Å²) in [6.07, 6.45) is 13.2. The minimum Gasteiger partial charge on any atom is -0.481 e. The first-order chi connectivity index (χ1) is 14.6. The summed E-state index contributed by atoms with van der Waals surface area (Å²) in [7, 11) is 1.52. The van der Waals surface area contributed by atoms with Crippen LogP contribution in [0.25, 0.3) is 0 Å². The van der Waals surface area contributed by atoms with Crippen LogP contribution in [0.15, 0.2) is 24.5 Å². The van der Waals surface area contributed by atoms with Crippen LogP contribution in [0, 0.1) is 0 Å². The van der Waals surface area contributed by atoms with Crippen LogP contribution in [0.2, 0.25) is 0 Å². The van der Waals surface area contributed by atoms with Crippen LogP contribution in [0.3, 0.4) is 0 Å². The molecule has 1 aliphatic carbocycles. The Hall–Kier alpha value is -2.70. The second-order valence-electron chi connectivity index (χ2n) is 8.64. The maximum absolute atomic E-state index is 11.2. The molecular weight excluding hydrogens is 380 g/mol. The maximum Gasteiger partial charge on any atom is 0.316 e. The Bertz CT molecular complexity index is 881. The minimum atomic E-state index is -0.792. The van der Waals surface area contributed by atoms with Crippen molar-refractivity contribution in [1.82, 2.24) is 15.0 Å². The number of methoxy groups -OCH3 is 1. The third kappa shape index (κ3) is 5.07. The Morgan fingerprint density at radius 3 is 2.67 bits per heavy atom. The number of ether oxygens (including phenoxy) is 1. The van der Waals surface area contributed by atoms with E-state index in [1.807, 2.05) is 0 Å². The quantitative estimate of drug-likeness (QED) is 0.538. The van der Waals surface area contributed by atoms with Crippen LogP contribution >= 0.6 is 0 Å². The van der Waals surface area contributed by atoms with E-state index in [2.05, 4.69) is 27.4 Å². The molecule has 2 aliphatic rings. The summed E-state index contributed by atoms with van der Waals surface area (Å²) in [5.41, 5.74) is 3.73. The molecule has 2 aromatic rings. The molecule has 0 aromatic carbocycles. The first-order valence-electron chi connectivity index (χ1n) is 10.9. The molecule has 1 aliphatic heterocycles. The van der Waals surface area contributed by atoms with E-state index < -0.39 is 5.97 Å². The Morgan fingerprint density at radius 2 is 1.97 bits per heavy atom. The van der Waals surface area contributed by atoms with Crippen LogP contribution < -0.4 is 10.1 Å². The van der Waals surface area contributed by atoms with Crippen LogP contribution in [0.5, 0.6) is 6.01 Å². The summed E-state index contributed by atoms with van der Waals surface area (Å²) in [5, 5.41) is 12.8. The summed E-state index contributed by atoms with van der Waals surface area (Å²) in [4.78, 5) is 24.3. The Labute approximate surface area is 177 Å². The van der Waals surface area contributed by atoms with Gasteiger partial charge in [0, 0.05) is 23.6 Å². The number of rotatable bonds is 11. The third-order valence-electron chi connectivity index (χ3n) is 6.26. The van der Waals surface area contributed by atoms with Gasteiger partial charge in [0.15, 0.2) is 0 Å². The zero-order valence-electron chi connectivity index (χ0n) is 17.6. The number of aliphatic carboxylic acids is 1. The molecule has 1 fully saturated rings. The summed E-state index contributed by atoms with van der Waals surface area (Å²) in [6.45, 7) is 0.